The molecule has 2 atom stereocenters. The second-order valence-electron chi connectivity index (χ2n) is 5.60. The maximum absolute atomic E-state index is 13.6. The van der Waals surface area contributed by atoms with Crippen LogP contribution < -0.4 is 5.32 Å². The number of carbonyl (C=O) groups excluding carboxylic acids is 1. The molecule has 0 fully saturated rings. The number of hydrogen-bond donors (Lipinski definition) is 2. The Kier molecular flexibility index (Phi) is 4.87. The first kappa shape index (κ1) is 16.5. The van der Waals surface area contributed by atoms with Crippen molar-refractivity contribution in [2.45, 2.75) is 18.6 Å². The SMILES string of the molecule is O=C(NCC(O)c1c(F)cccc1F)C1OCCc2ccccc21. The van der Waals surface area contributed by atoms with E-state index in [-0.39, 0.29) is 6.54 Å². The number of rotatable bonds is 4. The number of aliphatic hydroxyl groups excluding tert-OH is 1. The van der Waals surface area contributed by atoms with Crippen molar-refractivity contribution in [1.82, 2.24) is 5.32 Å². The number of fused-ring (bicyclic) bond motifs is 1. The number of ether oxygens (including phenoxy) is 1. The van der Waals surface area contributed by atoms with Crippen LogP contribution in [-0.4, -0.2) is 24.2 Å². The molecule has 3 rings (SSSR count). The van der Waals surface area contributed by atoms with Crippen LogP contribution >= 0.6 is 0 Å². The third kappa shape index (κ3) is 3.29. The van der Waals surface area contributed by atoms with Crippen LogP contribution in [0.5, 0.6) is 0 Å². The zero-order valence-electron chi connectivity index (χ0n) is 12.8. The van der Waals surface area contributed by atoms with E-state index in [9.17, 15) is 18.7 Å². The van der Waals surface area contributed by atoms with Gasteiger partial charge in [0.2, 0.25) is 0 Å². The zero-order valence-corrected chi connectivity index (χ0v) is 12.8. The minimum absolute atomic E-state index is 0.307. The van der Waals surface area contributed by atoms with Crippen molar-refractivity contribution in [3.63, 3.8) is 0 Å². The minimum Gasteiger partial charge on any atom is -0.386 e. The molecule has 1 aliphatic heterocycles. The first-order valence-corrected chi connectivity index (χ1v) is 7.67. The summed E-state index contributed by atoms with van der Waals surface area (Å²) >= 11 is 0. The molecule has 2 aromatic rings. The second kappa shape index (κ2) is 7.07. The number of halogens is 2. The fourth-order valence-corrected chi connectivity index (χ4v) is 2.83. The molecule has 24 heavy (non-hydrogen) atoms. The van der Waals surface area contributed by atoms with Crippen molar-refractivity contribution < 1.29 is 23.4 Å². The van der Waals surface area contributed by atoms with Crippen LogP contribution in [0.2, 0.25) is 0 Å². The highest BCUT2D eigenvalue weighted by Crippen LogP contribution is 2.27. The van der Waals surface area contributed by atoms with Crippen molar-refractivity contribution in [2.75, 3.05) is 13.2 Å². The summed E-state index contributed by atoms with van der Waals surface area (Å²) in [7, 11) is 0. The van der Waals surface area contributed by atoms with Gasteiger partial charge in [-0.05, 0) is 29.7 Å². The molecule has 2 N–H and O–H groups in total. The van der Waals surface area contributed by atoms with Crippen LogP contribution in [0.25, 0.3) is 0 Å². The van der Waals surface area contributed by atoms with E-state index in [2.05, 4.69) is 5.32 Å². The van der Waals surface area contributed by atoms with Crippen molar-refractivity contribution in [1.29, 1.82) is 0 Å². The number of aliphatic hydroxyl groups is 1. The highest BCUT2D eigenvalue weighted by Gasteiger charge is 2.28. The fourth-order valence-electron chi connectivity index (χ4n) is 2.83. The lowest BCUT2D eigenvalue weighted by atomic mass is 9.97. The molecule has 0 saturated heterocycles. The average Bonchev–Trinajstić information content (AvgIpc) is 2.59. The van der Waals surface area contributed by atoms with Crippen LogP contribution in [0.1, 0.15) is 28.9 Å². The molecule has 0 saturated carbocycles. The van der Waals surface area contributed by atoms with Crippen LogP contribution in [-0.2, 0) is 16.0 Å². The molecule has 0 bridgehead atoms. The molecule has 1 aliphatic rings. The Morgan fingerprint density at radius 1 is 1.21 bits per heavy atom. The average molecular weight is 333 g/mol. The van der Waals surface area contributed by atoms with E-state index in [1.165, 1.54) is 6.07 Å². The van der Waals surface area contributed by atoms with E-state index in [1.54, 1.807) is 0 Å². The summed E-state index contributed by atoms with van der Waals surface area (Å²) in [5.41, 5.74) is 1.35. The van der Waals surface area contributed by atoms with Crippen LogP contribution in [0.15, 0.2) is 42.5 Å². The third-order valence-electron chi connectivity index (χ3n) is 4.03. The highest BCUT2D eigenvalue weighted by atomic mass is 19.1. The lowest BCUT2D eigenvalue weighted by Crippen LogP contribution is -2.36. The van der Waals surface area contributed by atoms with E-state index in [4.69, 9.17) is 4.74 Å². The van der Waals surface area contributed by atoms with Crippen LogP contribution in [0.4, 0.5) is 8.78 Å². The van der Waals surface area contributed by atoms with Gasteiger partial charge in [0.25, 0.3) is 5.91 Å². The molecule has 0 radical (unpaired) electrons. The Hall–Kier alpha value is -2.31. The summed E-state index contributed by atoms with van der Waals surface area (Å²) in [4.78, 5) is 12.3. The Morgan fingerprint density at radius 2 is 1.92 bits per heavy atom. The van der Waals surface area contributed by atoms with Crippen molar-refractivity contribution in [3.8, 4) is 0 Å². The topological polar surface area (TPSA) is 58.6 Å². The summed E-state index contributed by atoms with van der Waals surface area (Å²) in [6, 6.07) is 10.8. The predicted molar refractivity (Wildman–Crippen MR) is 83.2 cm³/mol. The quantitative estimate of drug-likeness (QED) is 0.903. The Labute approximate surface area is 138 Å². The van der Waals surface area contributed by atoms with Gasteiger partial charge in [0.15, 0.2) is 6.10 Å². The lowest BCUT2D eigenvalue weighted by molar-refractivity contribution is -0.134. The maximum Gasteiger partial charge on any atom is 0.253 e. The largest absolute Gasteiger partial charge is 0.386 e. The van der Waals surface area contributed by atoms with E-state index in [0.29, 0.717) is 6.61 Å². The molecule has 1 heterocycles. The molecule has 0 aliphatic carbocycles. The summed E-state index contributed by atoms with van der Waals surface area (Å²) in [5, 5.41) is 12.5. The summed E-state index contributed by atoms with van der Waals surface area (Å²) < 4.78 is 32.8. The van der Waals surface area contributed by atoms with Crippen LogP contribution in [0, 0.1) is 11.6 Å². The van der Waals surface area contributed by atoms with E-state index in [0.717, 1.165) is 29.7 Å². The van der Waals surface area contributed by atoms with Gasteiger partial charge in [-0.25, -0.2) is 8.78 Å². The van der Waals surface area contributed by atoms with E-state index in [1.807, 2.05) is 24.3 Å². The molecule has 6 heteroatoms. The molecule has 2 unspecified atom stereocenters. The molecule has 1 amide bonds. The Balaban J connectivity index is 1.68. The smallest absolute Gasteiger partial charge is 0.253 e. The minimum atomic E-state index is -1.48. The third-order valence-corrected chi connectivity index (χ3v) is 4.03. The zero-order chi connectivity index (χ0) is 17.1. The van der Waals surface area contributed by atoms with Gasteiger partial charge >= 0.3 is 0 Å². The number of hydrogen-bond acceptors (Lipinski definition) is 3. The van der Waals surface area contributed by atoms with Gasteiger partial charge in [-0.15, -0.1) is 0 Å². The van der Waals surface area contributed by atoms with Gasteiger partial charge in [-0.2, -0.15) is 0 Å². The van der Waals surface area contributed by atoms with Crippen molar-refractivity contribution in [3.05, 3.63) is 70.8 Å². The molecule has 2 aromatic carbocycles. The molecule has 0 aromatic heterocycles. The molecule has 126 valence electrons. The van der Waals surface area contributed by atoms with Gasteiger partial charge < -0.3 is 15.2 Å². The number of amides is 1. The Morgan fingerprint density at radius 3 is 2.67 bits per heavy atom. The van der Waals surface area contributed by atoms with Gasteiger partial charge in [0.05, 0.1) is 12.2 Å². The molecule has 4 nitrogen and oxygen atoms in total. The summed E-state index contributed by atoms with van der Waals surface area (Å²) in [6.45, 7) is 0.109. The second-order valence-corrected chi connectivity index (χ2v) is 5.60. The molecular weight excluding hydrogens is 316 g/mol. The maximum atomic E-state index is 13.6. The number of benzene rings is 2. The van der Waals surface area contributed by atoms with Gasteiger partial charge in [-0.3, -0.25) is 4.79 Å². The number of carbonyl (C=O) groups is 1. The summed E-state index contributed by atoms with van der Waals surface area (Å²) in [5.74, 6) is -2.15. The normalized spacial score (nSPS) is 17.9. The summed E-state index contributed by atoms with van der Waals surface area (Å²) in [6.07, 6.45) is -1.54. The van der Waals surface area contributed by atoms with Gasteiger partial charge in [0.1, 0.15) is 17.7 Å². The lowest BCUT2D eigenvalue weighted by Gasteiger charge is -2.25. The first-order valence-electron chi connectivity index (χ1n) is 7.67. The predicted octanol–water partition coefficient (Wildman–Crippen LogP) is 2.43. The highest BCUT2D eigenvalue weighted by molar-refractivity contribution is 5.82. The molecular formula is C18H17F2NO3. The Bertz CT molecular complexity index is 731. The van der Waals surface area contributed by atoms with Gasteiger partial charge in [0, 0.05) is 6.54 Å². The van der Waals surface area contributed by atoms with E-state index < -0.39 is 35.3 Å². The van der Waals surface area contributed by atoms with Gasteiger partial charge in [-0.1, -0.05) is 30.3 Å². The monoisotopic (exact) mass is 333 g/mol. The van der Waals surface area contributed by atoms with Crippen molar-refractivity contribution in [2.24, 2.45) is 0 Å². The number of nitrogens with one attached hydrogen (secondary N) is 1. The van der Waals surface area contributed by atoms with E-state index >= 15 is 0 Å². The van der Waals surface area contributed by atoms with Crippen molar-refractivity contribution >= 4 is 5.91 Å². The first-order chi connectivity index (χ1) is 11.6. The van der Waals surface area contributed by atoms with Crippen LogP contribution in [0.3, 0.4) is 0 Å². The molecule has 0 spiro atoms. The fraction of sp³-hybridized carbons (Fsp3) is 0.278. The standard InChI is InChI=1S/C18H17F2NO3/c19-13-6-3-7-14(20)16(13)15(22)10-21-18(23)17-12-5-2-1-4-11(12)8-9-24-17/h1-7,15,17,22H,8-10H2,(H,21,23).